The van der Waals surface area contributed by atoms with Crippen molar-refractivity contribution < 1.29 is 9.28 Å². The summed E-state index contributed by atoms with van der Waals surface area (Å²) in [5.41, 5.74) is 0. The molecular weight excluding hydrogens is 121 g/mol. The summed E-state index contributed by atoms with van der Waals surface area (Å²) in [5, 5.41) is 0.326. The van der Waals surface area contributed by atoms with E-state index in [1.807, 2.05) is 0 Å². The van der Waals surface area contributed by atoms with Gasteiger partial charge in [-0.15, -0.1) is 0 Å². The average molecular weight is 131 g/mol. The Hall–Kier alpha value is -0.600. The van der Waals surface area contributed by atoms with E-state index in [4.69, 9.17) is 0 Å². The van der Waals surface area contributed by atoms with Gasteiger partial charge < -0.3 is 0 Å². The normalized spacial score (nSPS) is 21.9. The zero-order valence-corrected chi connectivity index (χ0v) is 5.27. The van der Waals surface area contributed by atoms with Crippen LogP contribution in [0.4, 0.5) is 4.48 Å². The minimum Gasteiger partial charge on any atom is -0.272 e. The summed E-state index contributed by atoms with van der Waals surface area (Å²) in [6.45, 7) is 0.291. The lowest BCUT2D eigenvalue weighted by atomic mass is 10.2. The molecule has 0 bridgehead atoms. The van der Waals surface area contributed by atoms with E-state index in [0.717, 1.165) is 19.3 Å². The van der Waals surface area contributed by atoms with Gasteiger partial charge in [0.15, 0.2) is 0 Å². The summed E-state index contributed by atoms with van der Waals surface area (Å²) in [5.74, 6) is -0.354. The Morgan fingerprint density at radius 1 is 1.33 bits per heavy atom. The van der Waals surface area contributed by atoms with Gasteiger partial charge in [-0.1, -0.05) is 10.9 Å². The van der Waals surface area contributed by atoms with Crippen LogP contribution in [-0.2, 0) is 4.79 Å². The molecular formula is C6H10FNO. The van der Waals surface area contributed by atoms with Gasteiger partial charge >= 0.3 is 0 Å². The van der Waals surface area contributed by atoms with E-state index in [0.29, 0.717) is 18.1 Å². The third-order valence-corrected chi connectivity index (χ3v) is 1.52. The molecule has 1 fully saturated rings. The van der Waals surface area contributed by atoms with E-state index < -0.39 is 0 Å². The number of amides is 1. The fourth-order valence-electron chi connectivity index (χ4n) is 0.950. The van der Waals surface area contributed by atoms with Crippen LogP contribution in [0.3, 0.4) is 0 Å². The molecule has 0 unspecified atom stereocenters. The highest BCUT2D eigenvalue weighted by atomic mass is 19.2. The highest BCUT2D eigenvalue weighted by Crippen LogP contribution is 2.10. The molecule has 0 aromatic rings. The van der Waals surface area contributed by atoms with Gasteiger partial charge in [0.1, 0.15) is 0 Å². The molecule has 3 heteroatoms. The molecule has 0 spiro atoms. The molecule has 0 aliphatic carbocycles. The number of carbonyl (C=O) groups excluding carboxylic acids is 1. The van der Waals surface area contributed by atoms with E-state index in [2.05, 4.69) is 0 Å². The summed E-state index contributed by atoms with van der Waals surface area (Å²) in [4.78, 5) is 10.6. The minimum atomic E-state index is -0.354. The van der Waals surface area contributed by atoms with Crippen LogP contribution in [-0.4, -0.2) is 17.6 Å². The van der Waals surface area contributed by atoms with Gasteiger partial charge in [-0.05, 0) is 12.8 Å². The van der Waals surface area contributed by atoms with Gasteiger partial charge in [0.2, 0.25) is 5.91 Å². The van der Waals surface area contributed by atoms with Crippen LogP contribution in [0.2, 0.25) is 0 Å². The van der Waals surface area contributed by atoms with Crippen molar-refractivity contribution in [3.05, 3.63) is 0 Å². The lowest BCUT2D eigenvalue weighted by Gasteiger charge is -2.05. The van der Waals surface area contributed by atoms with Crippen molar-refractivity contribution in [1.29, 1.82) is 0 Å². The number of carbonyl (C=O) groups is 1. The molecule has 0 atom stereocenters. The summed E-state index contributed by atoms with van der Waals surface area (Å²) >= 11 is 0. The van der Waals surface area contributed by atoms with Gasteiger partial charge in [-0.2, -0.15) is 5.12 Å². The van der Waals surface area contributed by atoms with E-state index in [1.54, 1.807) is 0 Å². The predicted molar refractivity (Wildman–Crippen MR) is 31.3 cm³/mol. The Kier molecular flexibility index (Phi) is 2.03. The highest BCUT2D eigenvalue weighted by Gasteiger charge is 2.14. The second-order valence-corrected chi connectivity index (χ2v) is 2.29. The van der Waals surface area contributed by atoms with Gasteiger partial charge in [0.25, 0.3) is 0 Å². The van der Waals surface area contributed by atoms with Gasteiger partial charge in [-0.3, -0.25) is 4.79 Å². The molecule has 0 saturated carbocycles. The molecule has 0 radical (unpaired) electrons. The molecule has 9 heavy (non-hydrogen) atoms. The van der Waals surface area contributed by atoms with Crippen molar-refractivity contribution in [3.63, 3.8) is 0 Å². The molecule has 2 nitrogen and oxygen atoms in total. The van der Waals surface area contributed by atoms with Crippen LogP contribution in [0, 0.1) is 0 Å². The average Bonchev–Trinajstić information content (AvgIpc) is 1.99. The maximum atomic E-state index is 12.3. The smallest absolute Gasteiger partial charge is 0.250 e. The second-order valence-electron chi connectivity index (χ2n) is 2.29. The van der Waals surface area contributed by atoms with Crippen molar-refractivity contribution in [2.75, 3.05) is 6.54 Å². The first-order valence-corrected chi connectivity index (χ1v) is 3.27. The summed E-state index contributed by atoms with van der Waals surface area (Å²) in [7, 11) is 0. The van der Waals surface area contributed by atoms with E-state index in [9.17, 15) is 9.28 Å². The molecule has 1 saturated heterocycles. The summed E-state index contributed by atoms with van der Waals surface area (Å²) < 4.78 is 12.3. The molecule has 1 aliphatic rings. The molecule has 1 amide bonds. The first kappa shape index (κ1) is 6.52. The monoisotopic (exact) mass is 131 g/mol. The van der Waals surface area contributed by atoms with E-state index in [1.165, 1.54) is 0 Å². The maximum absolute atomic E-state index is 12.3. The van der Waals surface area contributed by atoms with Crippen LogP contribution in [0.5, 0.6) is 0 Å². The van der Waals surface area contributed by atoms with Crippen molar-refractivity contribution in [1.82, 2.24) is 5.12 Å². The Morgan fingerprint density at radius 3 is 2.89 bits per heavy atom. The number of hydrogen-bond donors (Lipinski definition) is 0. The minimum absolute atomic E-state index is 0.291. The van der Waals surface area contributed by atoms with Crippen LogP contribution in [0.15, 0.2) is 0 Å². The van der Waals surface area contributed by atoms with Gasteiger partial charge in [0.05, 0.1) is 6.54 Å². The number of nitrogens with zero attached hydrogens (tertiary/aromatic N) is 1. The molecule has 1 rings (SSSR count). The molecule has 0 aromatic carbocycles. The third-order valence-electron chi connectivity index (χ3n) is 1.52. The van der Waals surface area contributed by atoms with Crippen LogP contribution in [0.1, 0.15) is 25.7 Å². The standard InChI is InChI=1S/C6H10FNO/c7-8-5-3-1-2-4-6(8)9/h1-5H2. The number of rotatable bonds is 0. The van der Waals surface area contributed by atoms with Gasteiger partial charge in [0, 0.05) is 6.42 Å². The molecule has 1 aliphatic heterocycles. The summed E-state index contributed by atoms with van der Waals surface area (Å²) in [6, 6.07) is 0. The fourth-order valence-corrected chi connectivity index (χ4v) is 0.950. The Labute approximate surface area is 53.6 Å². The lowest BCUT2D eigenvalue weighted by Crippen LogP contribution is -2.20. The van der Waals surface area contributed by atoms with Gasteiger partial charge in [-0.25, -0.2) is 0 Å². The van der Waals surface area contributed by atoms with Crippen LogP contribution >= 0.6 is 0 Å². The molecule has 0 aromatic heterocycles. The molecule has 52 valence electrons. The number of hydrogen-bond acceptors (Lipinski definition) is 1. The quantitative estimate of drug-likeness (QED) is 0.453. The maximum Gasteiger partial charge on any atom is 0.250 e. The zero-order chi connectivity index (χ0) is 6.69. The Balaban J connectivity index is 2.41. The fraction of sp³-hybridized carbons (Fsp3) is 0.833. The Bertz CT molecular complexity index is 116. The first-order chi connectivity index (χ1) is 4.30. The first-order valence-electron chi connectivity index (χ1n) is 3.27. The zero-order valence-electron chi connectivity index (χ0n) is 5.27. The van der Waals surface area contributed by atoms with Crippen LogP contribution in [0.25, 0.3) is 0 Å². The SMILES string of the molecule is O=C1CCCCCN1F. The third kappa shape index (κ3) is 1.66. The van der Waals surface area contributed by atoms with Crippen molar-refractivity contribution in [2.24, 2.45) is 0 Å². The Morgan fingerprint density at radius 2 is 2.11 bits per heavy atom. The largest absolute Gasteiger partial charge is 0.272 e. The van der Waals surface area contributed by atoms with Crippen molar-refractivity contribution >= 4 is 5.91 Å². The molecule has 0 N–H and O–H groups in total. The second kappa shape index (κ2) is 2.80. The summed E-state index contributed by atoms with van der Waals surface area (Å²) in [6.07, 6.45) is 3.02. The van der Waals surface area contributed by atoms with Crippen molar-refractivity contribution in [2.45, 2.75) is 25.7 Å². The molecule has 1 heterocycles. The number of halogens is 1. The van der Waals surface area contributed by atoms with Crippen LogP contribution < -0.4 is 0 Å². The van der Waals surface area contributed by atoms with Crippen molar-refractivity contribution in [3.8, 4) is 0 Å². The van der Waals surface area contributed by atoms with E-state index >= 15 is 0 Å². The highest BCUT2D eigenvalue weighted by molar-refractivity contribution is 5.75. The van der Waals surface area contributed by atoms with E-state index in [-0.39, 0.29) is 5.91 Å². The lowest BCUT2D eigenvalue weighted by molar-refractivity contribution is -0.145. The predicted octanol–water partition coefficient (Wildman–Crippen LogP) is 1.27. The topological polar surface area (TPSA) is 20.3 Å².